The zero-order valence-electron chi connectivity index (χ0n) is 19.1. The topological polar surface area (TPSA) is 71.3 Å². The second kappa shape index (κ2) is 9.39. The summed E-state index contributed by atoms with van der Waals surface area (Å²) in [5, 5.41) is 6.79. The third-order valence-corrected chi connectivity index (χ3v) is 5.98. The van der Waals surface area contributed by atoms with E-state index < -0.39 is 11.6 Å². The summed E-state index contributed by atoms with van der Waals surface area (Å²) in [5.41, 5.74) is 2.49. The highest BCUT2D eigenvalue weighted by Gasteiger charge is 2.26. The molecule has 6 nitrogen and oxygen atoms in total. The molecule has 1 N–H and O–H groups in total. The lowest BCUT2D eigenvalue weighted by molar-refractivity contribution is -0.121. The highest BCUT2D eigenvalue weighted by molar-refractivity contribution is 5.92. The second-order valence-corrected chi connectivity index (χ2v) is 9.51. The number of benzene rings is 2. The first-order valence-electron chi connectivity index (χ1n) is 11.1. The lowest BCUT2D eigenvalue weighted by Gasteiger charge is -2.30. The first-order chi connectivity index (χ1) is 15.7. The number of carbonyl (C=O) groups is 1. The van der Waals surface area contributed by atoms with Crippen LogP contribution in [0.3, 0.4) is 0 Å². The predicted molar refractivity (Wildman–Crippen MR) is 121 cm³/mol. The van der Waals surface area contributed by atoms with Crippen molar-refractivity contribution in [2.45, 2.75) is 45.6 Å². The van der Waals surface area contributed by atoms with Crippen molar-refractivity contribution >= 4 is 11.6 Å². The first-order valence-corrected chi connectivity index (χ1v) is 11.1. The number of hydrogen-bond acceptors (Lipinski definition) is 5. The van der Waals surface area contributed by atoms with Crippen molar-refractivity contribution in [1.82, 2.24) is 15.0 Å². The molecular weight excluding hydrogens is 426 g/mol. The maximum absolute atomic E-state index is 13.4. The van der Waals surface area contributed by atoms with Crippen LogP contribution in [-0.2, 0) is 16.8 Å². The van der Waals surface area contributed by atoms with E-state index in [0.717, 1.165) is 17.7 Å². The molecule has 0 unspecified atom stereocenters. The van der Waals surface area contributed by atoms with E-state index in [4.69, 9.17) is 4.52 Å². The normalized spacial score (nSPS) is 15.5. The van der Waals surface area contributed by atoms with Crippen LogP contribution in [0.1, 0.15) is 45.1 Å². The van der Waals surface area contributed by atoms with E-state index in [1.54, 1.807) is 0 Å². The fourth-order valence-electron chi connectivity index (χ4n) is 3.92. The first kappa shape index (κ1) is 23.0. The molecular formula is C25H28F2N4O2. The average Bonchev–Trinajstić information content (AvgIpc) is 3.25. The van der Waals surface area contributed by atoms with Gasteiger partial charge in [0.05, 0.1) is 6.54 Å². The molecule has 8 heteroatoms. The van der Waals surface area contributed by atoms with Crippen molar-refractivity contribution in [3.63, 3.8) is 0 Å². The van der Waals surface area contributed by atoms with Crippen molar-refractivity contribution in [2.75, 3.05) is 18.4 Å². The predicted octanol–water partition coefficient (Wildman–Crippen LogP) is 5.16. The minimum atomic E-state index is -0.980. The van der Waals surface area contributed by atoms with Gasteiger partial charge in [0.1, 0.15) is 0 Å². The second-order valence-electron chi connectivity index (χ2n) is 9.51. The average molecular weight is 455 g/mol. The van der Waals surface area contributed by atoms with Crippen LogP contribution in [0.2, 0.25) is 0 Å². The molecule has 2 aromatic carbocycles. The maximum atomic E-state index is 13.4. The van der Waals surface area contributed by atoms with Crippen molar-refractivity contribution < 1.29 is 18.1 Å². The summed E-state index contributed by atoms with van der Waals surface area (Å²) in [6.45, 7) is 8.43. The number of amides is 1. The third-order valence-electron chi connectivity index (χ3n) is 5.98. The minimum Gasteiger partial charge on any atom is -0.338 e. The Hall–Kier alpha value is -3.13. The zero-order valence-corrected chi connectivity index (χ0v) is 19.1. The molecule has 3 aromatic rings. The number of likely N-dealkylation sites (tertiary alicyclic amines) is 1. The van der Waals surface area contributed by atoms with Crippen LogP contribution in [-0.4, -0.2) is 34.0 Å². The molecule has 1 aliphatic rings. The molecule has 1 saturated heterocycles. The quantitative estimate of drug-likeness (QED) is 0.576. The van der Waals surface area contributed by atoms with Gasteiger partial charge >= 0.3 is 0 Å². The molecule has 4 rings (SSSR count). The van der Waals surface area contributed by atoms with Gasteiger partial charge in [-0.3, -0.25) is 9.69 Å². The van der Waals surface area contributed by atoms with E-state index in [2.05, 4.69) is 53.3 Å². The Kier molecular flexibility index (Phi) is 6.56. The summed E-state index contributed by atoms with van der Waals surface area (Å²) in [5.74, 6) is -1.19. The maximum Gasteiger partial charge on any atom is 0.241 e. The third kappa shape index (κ3) is 5.63. The summed E-state index contributed by atoms with van der Waals surface area (Å²) >= 11 is 0. The van der Waals surface area contributed by atoms with Gasteiger partial charge < -0.3 is 9.84 Å². The summed E-state index contributed by atoms with van der Waals surface area (Å²) in [6.07, 6.45) is 1.32. The molecule has 0 spiro atoms. The van der Waals surface area contributed by atoms with Gasteiger partial charge in [-0.15, -0.1) is 0 Å². The molecule has 2 heterocycles. The summed E-state index contributed by atoms with van der Waals surface area (Å²) < 4.78 is 31.9. The molecule has 1 fully saturated rings. The van der Waals surface area contributed by atoms with Crippen molar-refractivity contribution in [3.05, 3.63) is 65.6 Å². The summed E-state index contributed by atoms with van der Waals surface area (Å²) in [6, 6.07) is 11.5. The van der Waals surface area contributed by atoms with Gasteiger partial charge in [-0.1, -0.05) is 50.2 Å². The molecule has 0 radical (unpaired) electrons. The van der Waals surface area contributed by atoms with Crippen LogP contribution in [0.15, 0.2) is 47.0 Å². The van der Waals surface area contributed by atoms with Crippen LogP contribution >= 0.6 is 0 Å². The number of carbonyl (C=O) groups excluding carboxylic acids is 1. The monoisotopic (exact) mass is 454 g/mol. The molecule has 0 aliphatic carbocycles. The van der Waals surface area contributed by atoms with Crippen molar-refractivity contribution in [1.29, 1.82) is 0 Å². The molecule has 0 bridgehead atoms. The number of halogens is 2. The number of hydrogen-bond donors (Lipinski definition) is 1. The van der Waals surface area contributed by atoms with Crippen LogP contribution in [0.4, 0.5) is 14.5 Å². The van der Waals surface area contributed by atoms with Crippen LogP contribution in [0.25, 0.3) is 11.4 Å². The van der Waals surface area contributed by atoms with Gasteiger partial charge in [0.15, 0.2) is 11.6 Å². The minimum absolute atomic E-state index is 0.0825. The standard InChI is InChI=1S/C25H28F2N4O2/c1-25(2,3)18-6-4-16(5-7-18)23-29-22(33-30-23)15-31-12-10-17(11-13-31)24(32)28-19-8-9-20(26)21(27)14-19/h4-9,14,17H,10-13,15H2,1-3H3,(H,28,32). The Labute approximate surface area is 192 Å². The van der Waals surface area contributed by atoms with E-state index in [1.165, 1.54) is 11.6 Å². The lowest BCUT2D eigenvalue weighted by atomic mass is 9.87. The largest absolute Gasteiger partial charge is 0.338 e. The lowest BCUT2D eigenvalue weighted by Crippen LogP contribution is -2.37. The van der Waals surface area contributed by atoms with Gasteiger partial charge in [0, 0.05) is 23.2 Å². The SMILES string of the molecule is CC(C)(C)c1ccc(-c2noc(CN3CCC(C(=O)Nc4ccc(F)c(F)c4)CC3)n2)cc1. The van der Waals surface area contributed by atoms with Crippen molar-refractivity contribution in [2.24, 2.45) is 5.92 Å². The fraction of sp³-hybridized carbons (Fsp3) is 0.400. The number of anilines is 1. The van der Waals surface area contributed by atoms with Gasteiger partial charge in [0.25, 0.3) is 0 Å². The van der Waals surface area contributed by atoms with Crippen LogP contribution in [0, 0.1) is 17.6 Å². The molecule has 1 aromatic heterocycles. The van der Waals surface area contributed by atoms with E-state index in [1.807, 2.05) is 12.1 Å². The number of nitrogens with zero attached hydrogens (tertiary/aromatic N) is 3. The highest BCUT2D eigenvalue weighted by atomic mass is 19.2. The van der Waals surface area contributed by atoms with Gasteiger partial charge in [0.2, 0.25) is 17.6 Å². The molecule has 0 saturated carbocycles. The number of aromatic nitrogens is 2. The Balaban J connectivity index is 1.29. The van der Waals surface area contributed by atoms with E-state index in [0.29, 0.717) is 44.2 Å². The molecule has 33 heavy (non-hydrogen) atoms. The van der Waals surface area contributed by atoms with Gasteiger partial charge in [-0.05, 0) is 49.0 Å². The highest BCUT2D eigenvalue weighted by Crippen LogP contribution is 2.26. The Morgan fingerprint density at radius 1 is 1.09 bits per heavy atom. The van der Waals surface area contributed by atoms with Crippen LogP contribution in [0.5, 0.6) is 0 Å². The van der Waals surface area contributed by atoms with Gasteiger partial charge in [-0.2, -0.15) is 4.98 Å². The molecule has 174 valence electrons. The molecule has 1 aliphatic heterocycles. The molecule has 0 atom stereocenters. The zero-order chi connectivity index (χ0) is 23.6. The fourth-order valence-corrected chi connectivity index (χ4v) is 3.92. The van der Waals surface area contributed by atoms with Gasteiger partial charge in [-0.25, -0.2) is 8.78 Å². The number of rotatable bonds is 5. The van der Waals surface area contributed by atoms with E-state index in [9.17, 15) is 13.6 Å². The van der Waals surface area contributed by atoms with E-state index >= 15 is 0 Å². The molecule has 1 amide bonds. The van der Waals surface area contributed by atoms with E-state index in [-0.39, 0.29) is 22.9 Å². The Morgan fingerprint density at radius 2 is 1.79 bits per heavy atom. The number of nitrogens with one attached hydrogen (secondary N) is 1. The summed E-state index contributed by atoms with van der Waals surface area (Å²) in [7, 11) is 0. The number of piperidine rings is 1. The Morgan fingerprint density at radius 3 is 2.42 bits per heavy atom. The smallest absolute Gasteiger partial charge is 0.241 e. The Bertz CT molecular complexity index is 1110. The van der Waals surface area contributed by atoms with Crippen LogP contribution < -0.4 is 5.32 Å². The summed E-state index contributed by atoms with van der Waals surface area (Å²) in [4.78, 5) is 19.2. The van der Waals surface area contributed by atoms with Crippen molar-refractivity contribution in [3.8, 4) is 11.4 Å².